The van der Waals surface area contributed by atoms with Crippen LogP contribution in [0.2, 0.25) is 0 Å². The molecule has 0 saturated carbocycles. The molecule has 0 aromatic carbocycles. The van der Waals surface area contributed by atoms with Crippen molar-refractivity contribution in [1.29, 1.82) is 0 Å². The van der Waals surface area contributed by atoms with E-state index in [2.05, 4.69) is 21.2 Å². The van der Waals surface area contributed by atoms with Crippen LogP contribution in [0.1, 0.15) is 13.8 Å². The predicted molar refractivity (Wildman–Crippen MR) is 72.8 cm³/mol. The molecule has 1 aliphatic rings. The van der Waals surface area contributed by atoms with E-state index >= 15 is 0 Å². The Balaban J connectivity index is 2.26. The van der Waals surface area contributed by atoms with Gasteiger partial charge in [0.15, 0.2) is 0 Å². The van der Waals surface area contributed by atoms with Crippen molar-refractivity contribution in [2.45, 2.75) is 30.1 Å². The number of piperazine rings is 1. The van der Waals surface area contributed by atoms with Crippen molar-refractivity contribution in [3.05, 3.63) is 15.9 Å². The van der Waals surface area contributed by atoms with Crippen molar-refractivity contribution < 1.29 is 8.42 Å². The molecule has 0 amide bonds. The van der Waals surface area contributed by atoms with Crippen LogP contribution >= 0.6 is 27.3 Å². The maximum Gasteiger partial charge on any atom is 0.252 e. The molecular formula is C10H15BrN2O2S2. The Hall–Kier alpha value is 0.0500. The van der Waals surface area contributed by atoms with Crippen molar-refractivity contribution >= 4 is 37.3 Å². The molecule has 2 heterocycles. The first-order valence-corrected chi connectivity index (χ1v) is 8.46. The van der Waals surface area contributed by atoms with E-state index in [9.17, 15) is 8.42 Å². The summed E-state index contributed by atoms with van der Waals surface area (Å²) in [6.45, 7) is 5.06. The van der Waals surface area contributed by atoms with E-state index in [1.165, 1.54) is 11.3 Å². The maximum absolute atomic E-state index is 12.4. The second-order valence-corrected chi connectivity index (χ2v) is 8.98. The molecule has 0 aliphatic carbocycles. The zero-order valence-corrected chi connectivity index (χ0v) is 12.9. The largest absolute Gasteiger partial charge is 0.309 e. The molecule has 17 heavy (non-hydrogen) atoms. The molecule has 1 N–H and O–H groups in total. The van der Waals surface area contributed by atoms with Crippen LogP contribution in [0.4, 0.5) is 0 Å². The average Bonchev–Trinajstić information content (AvgIpc) is 2.64. The smallest absolute Gasteiger partial charge is 0.252 e. The highest BCUT2D eigenvalue weighted by atomic mass is 79.9. The molecule has 1 aromatic heterocycles. The van der Waals surface area contributed by atoms with Gasteiger partial charge in [-0.05, 0) is 41.9 Å². The van der Waals surface area contributed by atoms with E-state index in [1.807, 2.05) is 13.8 Å². The summed E-state index contributed by atoms with van der Waals surface area (Å²) in [6, 6.07) is 3.81. The lowest BCUT2D eigenvalue weighted by molar-refractivity contribution is 0.263. The molecule has 1 saturated heterocycles. The van der Waals surface area contributed by atoms with Crippen molar-refractivity contribution in [2.75, 3.05) is 13.1 Å². The zero-order chi connectivity index (χ0) is 12.6. The number of thiophene rings is 1. The Morgan fingerprint density at radius 3 is 2.41 bits per heavy atom. The second-order valence-electron chi connectivity index (χ2n) is 4.35. The summed E-state index contributed by atoms with van der Waals surface area (Å²) < 4.78 is 27.6. The molecule has 0 spiro atoms. The lowest BCUT2D eigenvalue weighted by Crippen LogP contribution is -2.55. The molecule has 0 bridgehead atoms. The van der Waals surface area contributed by atoms with Gasteiger partial charge in [-0.2, -0.15) is 4.31 Å². The Morgan fingerprint density at radius 2 is 1.94 bits per heavy atom. The molecule has 1 fully saturated rings. The fraction of sp³-hybridized carbons (Fsp3) is 0.600. The first-order chi connectivity index (χ1) is 7.89. The molecule has 4 nitrogen and oxygen atoms in total. The molecule has 2 unspecified atom stereocenters. The molecule has 0 radical (unpaired) electrons. The van der Waals surface area contributed by atoms with Gasteiger partial charge in [0.2, 0.25) is 0 Å². The van der Waals surface area contributed by atoms with Crippen LogP contribution in [0.25, 0.3) is 0 Å². The van der Waals surface area contributed by atoms with Gasteiger partial charge >= 0.3 is 0 Å². The van der Waals surface area contributed by atoms with Crippen LogP contribution in [0.15, 0.2) is 20.1 Å². The topological polar surface area (TPSA) is 49.4 Å². The first-order valence-electron chi connectivity index (χ1n) is 5.41. The lowest BCUT2D eigenvalue weighted by atomic mass is 10.2. The van der Waals surface area contributed by atoms with Crippen LogP contribution in [0, 0.1) is 0 Å². The van der Waals surface area contributed by atoms with Gasteiger partial charge in [0.05, 0.1) is 3.79 Å². The van der Waals surface area contributed by atoms with Gasteiger partial charge in [-0.25, -0.2) is 8.42 Å². The maximum atomic E-state index is 12.4. The summed E-state index contributed by atoms with van der Waals surface area (Å²) in [5, 5.41) is 3.33. The zero-order valence-electron chi connectivity index (χ0n) is 9.68. The number of nitrogens with zero attached hydrogens (tertiary/aromatic N) is 1. The Kier molecular flexibility index (Phi) is 3.94. The van der Waals surface area contributed by atoms with Crippen LogP contribution in [0.5, 0.6) is 0 Å². The van der Waals surface area contributed by atoms with Crippen molar-refractivity contribution in [3.8, 4) is 0 Å². The molecule has 1 aliphatic heterocycles. The highest BCUT2D eigenvalue weighted by molar-refractivity contribution is 9.11. The number of nitrogens with one attached hydrogen (secondary N) is 1. The molecule has 1 aromatic rings. The SMILES string of the molecule is CC1CN(S(=O)(=O)c2ccc(Br)s2)CC(C)N1. The van der Waals surface area contributed by atoms with Gasteiger partial charge in [-0.15, -0.1) is 11.3 Å². The highest BCUT2D eigenvalue weighted by Gasteiger charge is 2.32. The molecule has 7 heteroatoms. The number of halogens is 1. The van der Waals surface area contributed by atoms with Crippen molar-refractivity contribution in [2.24, 2.45) is 0 Å². The van der Waals surface area contributed by atoms with E-state index in [0.717, 1.165) is 3.79 Å². The number of rotatable bonds is 2. The summed E-state index contributed by atoms with van der Waals surface area (Å²) in [4.78, 5) is 0. The summed E-state index contributed by atoms with van der Waals surface area (Å²) in [5.41, 5.74) is 0. The Morgan fingerprint density at radius 1 is 1.35 bits per heavy atom. The van der Waals surface area contributed by atoms with Crippen LogP contribution in [0.3, 0.4) is 0 Å². The lowest BCUT2D eigenvalue weighted by Gasteiger charge is -2.34. The minimum absolute atomic E-state index is 0.192. The quantitative estimate of drug-likeness (QED) is 0.895. The Labute approximate surface area is 114 Å². The average molecular weight is 339 g/mol. The molecule has 2 atom stereocenters. The van der Waals surface area contributed by atoms with Gasteiger partial charge in [-0.3, -0.25) is 0 Å². The van der Waals surface area contributed by atoms with Crippen LogP contribution in [-0.4, -0.2) is 37.9 Å². The fourth-order valence-corrected chi connectivity index (χ4v) is 5.82. The van der Waals surface area contributed by atoms with Gasteiger partial charge in [0.1, 0.15) is 4.21 Å². The van der Waals surface area contributed by atoms with Gasteiger partial charge < -0.3 is 5.32 Å². The third-order valence-electron chi connectivity index (χ3n) is 2.67. The monoisotopic (exact) mass is 338 g/mol. The summed E-state index contributed by atoms with van der Waals surface area (Å²) in [5.74, 6) is 0. The van der Waals surface area contributed by atoms with E-state index in [-0.39, 0.29) is 12.1 Å². The van der Waals surface area contributed by atoms with Gasteiger partial charge in [0, 0.05) is 25.2 Å². The number of hydrogen-bond donors (Lipinski definition) is 1. The predicted octanol–water partition coefficient (Wildman–Crippen LogP) is 1.88. The second kappa shape index (κ2) is 4.97. The summed E-state index contributed by atoms with van der Waals surface area (Å²) >= 11 is 4.55. The Bertz CT molecular complexity index is 490. The third kappa shape index (κ3) is 2.90. The normalized spacial score (nSPS) is 27.2. The van der Waals surface area contributed by atoms with E-state index in [4.69, 9.17) is 0 Å². The van der Waals surface area contributed by atoms with Gasteiger partial charge in [-0.1, -0.05) is 0 Å². The molecular weight excluding hydrogens is 324 g/mol. The third-order valence-corrected chi connectivity index (χ3v) is 6.59. The number of hydrogen-bond acceptors (Lipinski definition) is 4. The minimum Gasteiger partial charge on any atom is -0.309 e. The summed E-state index contributed by atoms with van der Waals surface area (Å²) in [6.07, 6.45) is 0. The van der Waals surface area contributed by atoms with Gasteiger partial charge in [0.25, 0.3) is 10.0 Å². The van der Waals surface area contributed by atoms with E-state index in [0.29, 0.717) is 17.3 Å². The van der Waals surface area contributed by atoms with Crippen LogP contribution in [-0.2, 0) is 10.0 Å². The van der Waals surface area contributed by atoms with E-state index in [1.54, 1.807) is 16.4 Å². The first kappa shape index (κ1) is 13.5. The fourth-order valence-electron chi connectivity index (χ4n) is 2.04. The highest BCUT2D eigenvalue weighted by Crippen LogP contribution is 2.29. The van der Waals surface area contributed by atoms with Crippen molar-refractivity contribution in [3.63, 3.8) is 0 Å². The summed E-state index contributed by atoms with van der Waals surface area (Å²) in [7, 11) is -3.33. The van der Waals surface area contributed by atoms with Crippen LogP contribution < -0.4 is 5.32 Å². The minimum atomic E-state index is -3.33. The van der Waals surface area contributed by atoms with Crippen molar-refractivity contribution in [1.82, 2.24) is 9.62 Å². The standard InChI is InChI=1S/C10H15BrN2O2S2/c1-7-5-13(6-8(2)12-7)17(14,15)10-4-3-9(11)16-10/h3-4,7-8,12H,5-6H2,1-2H3. The molecule has 96 valence electrons. The molecule has 2 rings (SSSR count). The van der Waals surface area contributed by atoms with E-state index < -0.39 is 10.0 Å². The number of sulfonamides is 1.